The number of nitrogens with one attached hydrogen (secondary N) is 2. The molecule has 0 saturated carbocycles. The number of carbonyl (C=O) groups excluding carboxylic acids is 2. The van der Waals surface area contributed by atoms with E-state index in [1.807, 2.05) is 13.2 Å². The van der Waals surface area contributed by atoms with Gasteiger partial charge in [-0.15, -0.1) is 0 Å². The quantitative estimate of drug-likeness (QED) is 0.120. The Hall–Kier alpha value is -2.01. The van der Waals surface area contributed by atoms with Crippen LogP contribution >= 0.6 is 11.8 Å². The maximum atomic E-state index is 12.6. The summed E-state index contributed by atoms with van der Waals surface area (Å²) in [5.41, 5.74) is 16.3. The van der Waals surface area contributed by atoms with Gasteiger partial charge in [-0.25, -0.2) is 4.79 Å². The number of aliphatic imine (C=N–C) groups is 1. The summed E-state index contributed by atoms with van der Waals surface area (Å²) in [4.78, 5) is 40.2. The minimum absolute atomic E-state index is 0.0267. The van der Waals surface area contributed by atoms with E-state index in [1.165, 1.54) is 11.8 Å². The van der Waals surface area contributed by atoms with Crippen molar-refractivity contribution in [1.82, 2.24) is 10.6 Å². The molecule has 0 rings (SSSR count). The first-order valence-electron chi connectivity index (χ1n) is 9.27. The topological polar surface area (TPSA) is 186 Å². The van der Waals surface area contributed by atoms with Crippen molar-refractivity contribution >= 4 is 35.5 Å². The van der Waals surface area contributed by atoms with E-state index in [1.54, 1.807) is 6.92 Å². The average Bonchev–Trinajstić information content (AvgIpc) is 2.64. The summed E-state index contributed by atoms with van der Waals surface area (Å²) in [6.07, 6.45) is 3.71. The summed E-state index contributed by atoms with van der Waals surface area (Å²) >= 11 is 1.52. The molecule has 0 spiro atoms. The molecule has 0 bridgehead atoms. The van der Waals surface area contributed by atoms with Crippen molar-refractivity contribution in [2.24, 2.45) is 28.1 Å². The number of carboxylic acid groups (broad SMARTS) is 1. The van der Waals surface area contributed by atoms with Gasteiger partial charge in [0.2, 0.25) is 11.8 Å². The number of thioether (sulfide) groups is 1. The van der Waals surface area contributed by atoms with Gasteiger partial charge in [0.15, 0.2) is 5.96 Å². The van der Waals surface area contributed by atoms with Crippen LogP contribution in [0.4, 0.5) is 0 Å². The molecule has 0 heterocycles. The fraction of sp³-hybridized carbons (Fsp3) is 0.765. The first kappa shape index (κ1) is 26.0. The summed E-state index contributed by atoms with van der Waals surface area (Å²) in [6.45, 7) is 3.96. The lowest BCUT2D eigenvalue weighted by atomic mass is 9.98. The number of nitrogens with two attached hydrogens (primary N) is 3. The van der Waals surface area contributed by atoms with E-state index in [0.717, 1.165) is 0 Å². The summed E-state index contributed by atoms with van der Waals surface area (Å²) in [7, 11) is 0. The Morgan fingerprint density at radius 2 is 1.79 bits per heavy atom. The van der Waals surface area contributed by atoms with Gasteiger partial charge in [-0.2, -0.15) is 11.8 Å². The third-order valence-corrected chi connectivity index (χ3v) is 4.97. The number of rotatable bonds is 14. The van der Waals surface area contributed by atoms with Gasteiger partial charge in [0.05, 0.1) is 6.04 Å². The lowest BCUT2D eigenvalue weighted by molar-refractivity contribution is -0.143. The fourth-order valence-corrected chi connectivity index (χ4v) is 2.84. The molecule has 9 N–H and O–H groups in total. The number of hydrogen-bond donors (Lipinski definition) is 6. The minimum Gasteiger partial charge on any atom is -0.480 e. The summed E-state index contributed by atoms with van der Waals surface area (Å²) in [6, 6.07) is -2.68. The zero-order valence-electron chi connectivity index (χ0n) is 16.8. The van der Waals surface area contributed by atoms with Crippen molar-refractivity contribution in [2.45, 2.75) is 57.7 Å². The van der Waals surface area contributed by atoms with E-state index in [2.05, 4.69) is 15.6 Å². The van der Waals surface area contributed by atoms with E-state index >= 15 is 0 Å². The van der Waals surface area contributed by atoms with Crippen molar-refractivity contribution in [3.05, 3.63) is 0 Å². The molecule has 162 valence electrons. The first-order chi connectivity index (χ1) is 13.1. The molecule has 0 aliphatic heterocycles. The Balaban J connectivity index is 4.90. The predicted molar refractivity (Wildman–Crippen MR) is 112 cm³/mol. The van der Waals surface area contributed by atoms with Crippen LogP contribution in [0.2, 0.25) is 0 Å². The lowest BCUT2D eigenvalue weighted by Crippen LogP contribution is -2.55. The molecular formula is C17H34N6O4S. The molecule has 0 aliphatic carbocycles. The standard InChI is InChI=1S/C17H34N6O4S/c1-4-10(2)13(16(26)27)23-15(25)12(7-9-28-3)22-14(24)11(18)6-5-8-21-17(19)20/h10-13H,4-9,18H2,1-3H3,(H,22,24)(H,23,25)(H,26,27)(H4,19,20,21)/t10-,11-,12-,13-/m0/s1. The number of amides is 2. The Bertz CT molecular complexity index is 542. The molecule has 0 aromatic rings. The largest absolute Gasteiger partial charge is 0.480 e. The minimum atomic E-state index is -1.10. The third-order valence-electron chi connectivity index (χ3n) is 4.32. The van der Waals surface area contributed by atoms with Crippen LogP contribution in [0, 0.1) is 5.92 Å². The molecule has 0 aliphatic rings. The zero-order chi connectivity index (χ0) is 21.7. The molecule has 0 aromatic carbocycles. The summed E-state index contributed by atoms with van der Waals surface area (Å²) in [5.74, 6) is -1.74. The molecule has 11 heteroatoms. The Labute approximate surface area is 170 Å². The number of hydrogen-bond acceptors (Lipinski definition) is 6. The van der Waals surface area contributed by atoms with Crippen molar-refractivity contribution in [3.63, 3.8) is 0 Å². The van der Waals surface area contributed by atoms with E-state index in [4.69, 9.17) is 17.2 Å². The molecule has 0 unspecified atom stereocenters. The Morgan fingerprint density at radius 1 is 1.14 bits per heavy atom. The van der Waals surface area contributed by atoms with Gasteiger partial charge in [-0.05, 0) is 37.2 Å². The van der Waals surface area contributed by atoms with Crippen LogP contribution in [0.1, 0.15) is 39.5 Å². The van der Waals surface area contributed by atoms with Crippen LogP contribution in [-0.4, -0.2) is 65.5 Å². The number of carboxylic acids is 1. The van der Waals surface area contributed by atoms with Crippen molar-refractivity contribution in [3.8, 4) is 0 Å². The highest BCUT2D eigenvalue weighted by atomic mass is 32.2. The SMILES string of the molecule is CC[C@H](C)[C@H](NC(=O)[C@H](CCSC)NC(=O)[C@@H](N)CCCN=C(N)N)C(=O)O. The summed E-state index contributed by atoms with van der Waals surface area (Å²) in [5, 5.41) is 14.5. The van der Waals surface area contributed by atoms with Crippen LogP contribution in [0.25, 0.3) is 0 Å². The van der Waals surface area contributed by atoms with Crippen molar-refractivity contribution < 1.29 is 19.5 Å². The number of nitrogens with zero attached hydrogens (tertiary/aromatic N) is 1. The Morgan fingerprint density at radius 3 is 2.29 bits per heavy atom. The average molecular weight is 419 g/mol. The van der Waals surface area contributed by atoms with E-state index in [-0.39, 0.29) is 11.9 Å². The second-order valence-electron chi connectivity index (χ2n) is 6.61. The maximum Gasteiger partial charge on any atom is 0.326 e. The second kappa shape index (κ2) is 14.1. The highest BCUT2D eigenvalue weighted by Crippen LogP contribution is 2.10. The van der Waals surface area contributed by atoms with Crippen molar-refractivity contribution in [2.75, 3.05) is 18.6 Å². The molecule has 0 saturated heterocycles. The Kier molecular flexibility index (Phi) is 13.0. The van der Waals surface area contributed by atoms with Crippen LogP contribution in [0.3, 0.4) is 0 Å². The van der Waals surface area contributed by atoms with Gasteiger partial charge in [0.1, 0.15) is 12.1 Å². The lowest BCUT2D eigenvalue weighted by Gasteiger charge is -2.25. The monoisotopic (exact) mass is 418 g/mol. The van der Waals surface area contributed by atoms with Gasteiger partial charge in [0.25, 0.3) is 0 Å². The fourth-order valence-electron chi connectivity index (χ4n) is 2.37. The summed E-state index contributed by atoms with van der Waals surface area (Å²) < 4.78 is 0. The molecule has 0 aromatic heterocycles. The van der Waals surface area contributed by atoms with Gasteiger partial charge in [-0.1, -0.05) is 20.3 Å². The van der Waals surface area contributed by atoms with Crippen LogP contribution in [0.15, 0.2) is 4.99 Å². The number of carbonyl (C=O) groups is 3. The molecule has 0 radical (unpaired) electrons. The van der Waals surface area contributed by atoms with Gasteiger partial charge in [-0.3, -0.25) is 14.6 Å². The van der Waals surface area contributed by atoms with Crippen LogP contribution < -0.4 is 27.8 Å². The second-order valence-corrected chi connectivity index (χ2v) is 7.59. The van der Waals surface area contributed by atoms with E-state index in [0.29, 0.717) is 38.0 Å². The first-order valence-corrected chi connectivity index (χ1v) is 10.7. The maximum absolute atomic E-state index is 12.6. The molecule has 10 nitrogen and oxygen atoms in total. The molecule has 28 heavy (non-hydrogen) atoms. The normalized spacial score (nSPS) is 15.0. The predicted octanol–water partition coefficient (Wildman–Crippen LogP) is -0.779. The molecule has 2 amide bonds. The molecular weight excluding hydrogens is 384 g/mol. The highest BCUT2D eigenvalue weighted by Gasteiger charge is 2.30. The third kappa shape index (κ3) is 10.4. The van der Waals surface area contributed by atoms with Gasteiger partial charge >= 0.3 is 5.97 Å². The number of guanidine groups is 1. The highest BCUT2D eigenvalue weighted by molar-refractivity contribution is 7.98. The molecule has 0 fully saturated rings. The smallest absolute Gasteiger partial charge is 0.326 e. The molecule has 4 atom stereocenters. The van der Waals surface area contributed by atoms with Crippen LogP contribution in [0.5, 0.6) is 0 Å². The number of aliphatic carboxylic acids is 1. The van der Waals surface area contributed by atoms with Gasteiger partial charge < -0.3 is 32.9 Å². The zero-order valence-corrected chi connectivity index (χ0v) is 17.6. The van der Waals surface area contributed by atoms with E-state index < -0.39 is 35.9 Å². The van der Waals surface area contributed by atoms with E-state index in [9.17, 15) is 19.5 Å². The van der Waals surface area contributed by atoms with Crippen LogP contribution in [-0.2, 0) is 14.4 Å². The van der Waals surface area contributed by atoms with Gasteiger partial charge in [0, 0.05) is 6.54 Å². The van der Waals surface area contributed by atoms with Crippen molar-refractivity contribution in [1.29, 1.82) is 0 Å².